The minimum atomic E-state index is 0.117. The van der Waals surface area contributed by atoms with Crippen molar-refractivity contribution in [2.75, 3.05) is 17.7 Å². The molecule has 0 radical (unpaired) electrons. The highest BCUT2D eigenvalue weighted by atomic mass is 16.3. The molecule has 1 aliphatic rings. The van der Waals surface area contributed by atoms with Crippen molar-refractivity contribution in [3.05, 3.63) is 48.8 Å². The summed E-state index contributed by atoms with van der Waals surface area (Å²) >= 11 is 0. The van der Waals surface area contributed by atoms with Gasteiger partial charge in [0.05, 0.1) is 12.4 Å². The molecular weight excluding hydrogens is 304 g/mol. The zero-order valence-corrected chi connectivity index (χ0v) is 13.0. The Morgan fingerprint density at radius 1 is 1.21 bits per heavy atom. The van der Waals surface area contributed by atoms with Crippen molar-refractivity contribution in [1.82, 2.24) is 19.5 Å². The van der Waals surface area contributed by atoms with Gasteiger partial charge in [0, 0.05) is 18.2 Å². The fourth-order valence-corrected chi connectivity index (χ4v) is 3.02. The Balaban J connectivity index is 1.73. The summed E-state index contributed by atoms with van der Waals surface area (Å²) in [6, 6.07) is 9.86. The lowest BCUT2D eigenvalue weighted by Crippen LogP contribution is -2.09. The first-order valence-electron chi connectivity index (χ1n) is 7.86. The number of hydrogen-bond donors (Lipinski definition) is 3. The van der Waals surface area contributed by atoms with Crippen LogP contribution < -0.4 is 11.1 Å². The Hall–Kier alpha value is -2.93. The van der Waals surface area contributed by atoms with E-state index in [1.54, 1.807) is 6.33 Å². The summed E-state index contributed by atoms with van der Waals surface area (Å²) in [4.78, 5) is 13.1. The molecule has 0 aliphatic heterocycles. The summed E-state index contributed by atoms with van der Waals surface area (Å²) in [5.74, 6) is 0.958. The first-order valence-corrected chi connectivity index (χ1v) is 7.86. The number of hydrogen-bond acceptors (Lipinski definition) is 6. The van der Waals surface area contributed by atoms with Crippen molar-refractivity contribution in [3.63, 3.8) is 0 Å². The van der Waals surface area contributed by atoms with Crippen LogP contribution in [0.1, 0.15) is 12.5 Å². The molecule has 0 spiro atoms. The molecule has 1 aromatic carbocycles. The molecule has 0 fully saturated rings. The van der Waals surface area contributed by atoms with E-state index in [0.717, 1.165) is 12.1 Å². The molecule has 7 heteroatoms. The Morgan fingerprint density at radius 3 is 2.79 bits per heavy atom. The first-order chi connectivity index (χ1) is 11.7. The number of nitrogen functional groups attached to an aromatic ring is 1. The SMILES string of the molecule is Nc1nc(Nc2ccccc2)c2ncn([C@H]3C=C[C@@H](CO)C3)c2n1. The lowest BCUT2D eigenvalue weighted by molar-refractivity contribution is 0.244. The van der Waals surface area contributed by atoms with Gasteiger partial charge in [-0.25, -0.2) is 4.98 Å². The van der Waals surface area contributed by atoms with Crippen LogP contribution >= 0.6 is 0 Å². The Morgan fingerprint density at radius 2 is 2.04 bits per heavy atom. The van der Waals surface area contributed by atoms with Crippen molar-refractivity contribution in [3.8, 4) is 0 Å². The van der Waals surface area contributed by atoms with Crippen LogP contribution in [0.5, 0.6) is 0 Å². The highest BCUT2D eigenvalue weighted by molar-refractivity contribution is 5.86. The average molecular weight is 322 g/mol. The maximum absolute atomic E-state index is 9.32. The van der Waals surface area contributed by atoms with Gasteiger partial charge in [0.25, 0.3) is 0 Å². The number of aliphatic hydroxyl groups is 1. The maximum Gasteiger partial charge on any atom is 0.224 e. The van der Waals surface area contributed by atoms with E-state index < -0.39 is 0 Å². The zero-order chi connectivity index (χ0) is 16.5. The molecule has 7 nitrogen and oxygen atoms in total. The van der Waals surface area contributed by atoms with Gasteiger partial charge in [0.1, 0.15) is 0 Å². The van der Waals surface area contributed by atoms with Crippen LogP contribution in [-0.4, -0.2) is 31.2 Å². The predicted molar refractivity (Wildman–Crippen MR) is 92.8 cm³/mol. The molecule has 0 saturated carbocycles. The minimum Gasteiger partial charge on any atom is -0.396 e. The number of aliphatic hydroxyl groups excluding tert-OH is 1. The minimum absolute atomic E-state index is 0.117. The molecule has 122 valence electrons. The molecule has 24 heavy (non-hydrogen) atoms. The molecule has 2 aromatic heterocycles. The van der Waals surface area contributed by atoms with Gasteiger partial charge in [-0.2, -0.15) is 9.97 Å². The number of nitrogens with zero attached hydrogens (tertiary/aromatic N) is 4. The van der Waals surface area contributed by atoms with Crippen LogP contribution in [-0.2, 0) is 0 Å². The standard InChI is InChI=1S/C17H18N6O/c18-17-21-15(20-12-4-2-1-3-5-12)14-16(22-17)23(10-19-14)13-7-6-11(8-13)9-24/h1-7,10-11,13,24H,8-9H2,(H3,18,20,21,22)/t11-,13+/m1/s1. The van der Waals surface area contributed by atoms with E-state index in [-0.39, 0.29) is 24.5 Å². The number of para-hydroxylation sites is 1. The van der Waals surface area contributed by atoms with Gasteiger partial charge in [-0.1, -0.05) is 30.4 Å². The lowest BCUT2D eigenvalue weighted by atomic mass is 10.1. The molecule has 1 aliphatic carbocycles. The average Bonchev–Trinajstić information content (AvgIpc) is 3.22. The molecule has 0 unspecified atom stereocenters. The molecule has 0 bridgehead atoms. The number of benzene rings is 1. The molecule has 0 saturated heterocycles. The molecule has 3 aromatic rings. The molecule has 4 rings (SSSR count). The second-order valence-electron chi connectivity index (χ2n) is 5.88. The van der Waals surface area contributed by atoms with E-state index >= 15 is 0 Å². The first kappa shape index (κ1) is 14.6. The third kappa shape index (κ3) is 2.59. The zero-order valence-electron chi connectivity index (χ0n) is 13.0. The van der Waals surface area contributed by atoms with Crippen LogP contribution in [0.4, 0.5) is 17.5 Å². The molecular formula is C17H18N6O. The Kier molecular flexibility index (Phi) is 3.62. The third-order valence-corrected chi connectivity index (χ3v) is 4.22. The number of nitrogens with one attached hydrogen (secondary N) is 1. The Labute approximate surface area is 138 Å². The maximum atomic E-state index is 9.32. The third-order valence-electron chi connectivity index (χ3n) is 4.22. The van der Waals surface area contributed by atoms with Crippen molar-refractivity contribution in [2.45, 2.75) is 12.5 Å². The molecule has 4 N–H and O–H groups in total. The lowest BCUT2D eigenvalue weighted by Gasteiger charge is -2.13. The normalized spacial score (nSPS) is 19.9. The van der Waals surface area contributed by atoms with E-state index in [1.807, 2.05) is 41.0 Å². The van der Waals surface area contributed by atoms with E-state index in [4.69, 9.17) is 5.73 Å². The quantitative estimate of drug-likeness (QED) is 0.637. The highest BCUT2D eigenvalue weighted by Gasteiger charge is 2.23. The summed E-state index contributed by atoms with van der Waals surface area (Å²) in [7, 11) is 0. The van der Waals surface area contributed by atoms with Crippen LogP contribution in [0.25, 0.3) is 11.2 Å². The van der Waals surface area contributed by atoms with Crippen molar-refractivity contribution < 1.29 is 5.11 Å². The number of anilines is 3. The highest BCUT2D eigenvalue weighted by Crippen LogP contribution is 2.31. The second kappa shape index (κ2) is 5.93. The number of aromatic nitrogens is 4. The van der Waals surface area contributed by atoms with Gasteiger partial charge in [0.15, 0.2) is 17.0 Å². The van der Waals surface area contributed by atoms with Gasteiger partial charge in [-0.3, -0.25) is 0 Å². The fraction of sp³-hybridized carbons (Fsp3) is 0.235. The monoisotopic (exact) mass is 322 g/mol. The number of rotatable bonds is 4. The molecule has 0 amide bonds. The van der Waals surface area contributed by atoms with E-state index in [0.29, 0.717) is 17.0 Å². The van der Waals surface area contributed by atoms with Crippen LogP contribution in [0, 0.1) is 5.92 Å². The molecule has 2 atom stereocenters. The van der Waals surface area contributed by atoms with Crippen LogP contribution in [0.2, 0.25) is 0 Å². The smallest absolute Gasteiger partial charge is 0.224 e. The van der Waals surface area contributed by atoms with Gasteiger partial charge < -0.3 is 20.7 Å². The fourth-order valence-electron chi connectivity index (χ4n) is 3.02. The summed E-state index contributed by atoms with van der Waals surface area (Å²) in [5, 5.41) is 12.6. The van der Waals surface area contributed by atoms with Crippen LogP contribution in [0.3, 0.4) is 0 Å². The predicted octanol–water partition coefficient (Wildman–Crippen LogP) is 2.26. The topological polar surface area (TPSA) is 102 Å². The largest absolute Gasteiger partial charge is 0.396 e. The van der Waals surface area contributed by atoms with E-state index in [1.165, 1.54) is 0 Å². The van der Waals surface area contributed by atoms with Gasteiger partial charge in [0.2, 0.25) is 5.95 Å². The number of fused-ring (bicyclic) bond motifs is 1. The number of allylic oxidation sites excluding steroid dienone is 1. The summed E-state index contributed by atoms with van der Waals surface area (Å²) in [5.41, 5.74) is 8.17. The van der Waals surface area contributed by atoms with Gasteiger partial charge in [-0.15, -0.1) is 0 Å². The van der Waals surface area contributed by atoms with Gasteiger partial charge in [-0.05, 0) is 18.6 Å². The summed E-state index contributed by atoms with van der Waals surface area (Å²) in [6.07, 6.45) is 6.69. The van der Waals surface area contributed by atoms with Gasteiger partial charge >= 0.3 is 0 Å². The second-order valence-corrected chi connectivity index (χ2v) is 5.88. The van der Waals surface area contributed by atoms with Crippen molar-refractivity contribution in [2.24, 2.45) is 5.92 Å². The number of nitrogens with two attached hydrogens (primary N) is 1. The molecule has 2 heterocycles. The van der Waals surface area contributed by atoms with E-state index in [9.17, 15) is 5.11 Å². The van der Waals surface area contributed by atoms with Crippen LogP contribution in [0.15, 0.2) is 48.8 Å². The van der Waals surface area contributed by atoms with E-state index in [2.05, 4.69) is 26.3 Å². The Bertz CT molecular complexity index is 889. The van der Waals surface area contributed by atoms with Crippen molar-refractivity contribution >= 4 is 28.6 Å². The van der Waals surface area contributed by atoms with Crippen molar-refractivity contribution in [1.29, 1.82) is 0 Å². The summed E-state index contributed by atoms with van der Waals surface area (Å²) in [6.45, 7) is 0.150. The summed E-state index contributed by atoms with van der Waals surface area (Å²) < 4.78 is 1.98. The number of imidazole rings is 1.